The molecule has 10 nitrogen and oxygen atoms in total. The van der Waals surface area contributed by atoms with Crippen molar-refractivity contribution in [3.63, 3.8) is 0 Å². The van der Waals surface area contributed by atoms with E-state index in [1.54, 1.807) is 54.1 Å². The summed E-state index contributed by atoms with van der Waals surface area (Å²) in [6.45, 7) is 7.38. The number of H-pyrrole nitrogens is 1. The molecule has 0 saturated carbocycles. The van der Waals surface area contributed by atoms with Crippen molar-refractivity contribution >= 4 is 11.3 Å². The van der Waals surface area contributed by atoms with Gasteiger partial charge in [-0.1, -0.05) is 0 Å². The minimum Gasteiger partial charge on any atom is -0.491 e. The normalized spacial score (nSPS) is 12.7. The number of alkyl halides is 3. The predicted octanol–water partition coefficient (Wildman–Crippen LogP) is 6.85. The summed E-state index contributed by atoms with van der Waals surface area (Å²) in [5.41, 5.74) is 11.7. The van der Waals surface area contributed by atoms with Crippen LogP contribution >= 0.6 is 0 Å². The SMILES string of the molecule is CC(N)=C(C(=N)CCC(C)Oc1ccc(-n2cc(-c3c(C)n[nH]c3C)ccc2=O)cc1)c1ccc(=O)n(-c2ccc(OC(F)(F)F)cc2)c1. The smallest absolute Gasteiger partial charge is 0.491 e. The van der Waals surface area contributed by atoms with E-state index < -0.39 is 17.7 Å². The number of aromatic amines is 1. The van der Waals surface area contributed by atoms with Crippen molar-refractivity contribution in [3.8, 4) is 34.0 Å². The van der Waals surface area contributed by atoms with E-state index in [4.69, 9.17) is 15.9 Å². The lowest BCUT2D eigenvalue weighted by molar-refractivity contribution is -0.274. The number of hydrogen-bond donors (Lipinski definition) is 3. The average molecular weight is 673 g/mol. The van der Waals surface area contributed by atoms with E-state index >= 15 is 0 Å². The molecule has 5 rings (SSSR count). The Kier molecular flexibility index (Phi) is 9.92. The quantitative estimate of drug-likeness (QED) is 0.131. The molecule has 0 bridgehead atoms. The molecule has 4 N–H and O–H groups in total. The van der Waals surface area contributed by atoms with Gasteiger partial charge in [0.2, 0.25) is 0 Å². The Morgan fingerprint density at radius 3 is 2.02 bits per heavy atom. The summed E-state index contributed by atoms with van der Waals surface area (Å²) in [4.78, 5) is 25.4. The van der Waals surface area contributed by atoms with Crippen molar-refractivity contribution in [1.29, 1.82) is 5.41 Å². The van der Waals surface area contributed by atoms with E-state index in [2.05, 4.69) is 14.9 Å². The number of rotatable bonds is 11. The van der Waals surface area contributed by atoms with E-state index in [0.717, 1.165) is 34.6 Å². The van der Waals surface area contributed by atoms with E-state index in [1.165, 1.54) is 35.0 Å². The van der Waals surface area contributed by atoms with Gasteiger partial charge in [-0.05, 0) is 101 Å². The summed E-state index contributed by atoms with van der Waals surface area (Å²) in [7, 11) is 0. The number of pyridine rings is 2. The minimum atomic E-state index is -4.83. The van der Waals surface area contributed by atoms with Gasteiger partial charge < -0.3 is 20.6 Å². The molecule has 0 saturated heterocycles. The fourth-order valence-corrected chi connectivity index (χ4v) is 5.55. The Hall–Kier alpha value is -5.85. The summed E-state index contributed by atoms with van der Waals surface area (Å²) in [5.74, 6) is 0.183. The zero-order valence-electron chi connectivity index (χ0n) is 27.3. The lowest BCUT2D eigenvalue weighted by atomic mass is 9.96. The maximum atomic E-state index is 12.7. The number of hydrogen-bond acceptors (Lipinski definition) is 7. The number of allylic oxidation sites excluding steroid dienone is 2. The average Bonchev–Trinajstić information content (AvgIpc) is 3.38. The second-order valence-corrected chi connectivity index (χ2v) is 11.6. The molecular weight excluding hydrogens is 637 g/mol. The minimum absolute atomic E-state index is 0.175. The van der Waals surface area contributed by atoms with Gasteiger partial charge in [0, 0.05) is 75.3 Å². The van der Waals surface area contributed by atoms with E-state index in [9.17, 15) is 22.8 Å². The van der Waals surface area contributed by atoms with Crippen LogP contribution in [0.5, 0.6) is 11.5 Å². The summed E-state index contributed by atoms with van der Waals surface area (Å²) in [6, 6.07) is 18.2. The first kappa shape index (κ1) is 34.5. The zero-order valence-corrected chi connectivity index (χ0v) is 27.3. The summed E-state index contributed by atoms with van der Waals surface area (Å²) in [6.07, 6.45) is -1.04. The molecule has 3 heterocycles. The summed E-state index contributed by atoms with van der Waals surface area (Å²) in [5, 5.41) is 16.0. The first-order valence-corrected chi connectivity index (χ1v) is 15.4. The van der Waals surface area contributed by atoms with Gasteiger partial charge in [0.1, 0.15) is 11.5 Å². The topological polar surface area (TPSA) is 141 Å². The highest BCUT2D eigenvalue weighted by Gasteiger charge is 2.31. The van der Waals surface area contributed by atoms with Gasteiger partial charge in [-0.25, -0.2) is 0 Å². The van der Waals surface area contributed by atoms with Crippen LogP contribution in [0.2, 0.25) is 0 Å². The molecule has 0 aliphatic heterocycles. The predicted molar refractivity (Wildman–Crippen MR) is 182 cm³/mol. The van der Waals surface area contributed by atoms with E-state index in [0.29, 0.717) is 46.8 Å². The molecule has 2 aromatic carbocycles. The number of benzene rings is 2. The van der Waals surface area contributed by atoms with Gasteiger partial charge in [-0.15, -0.1) is 13.2 Å². The van der Waals surface area contributed by atoms with Crippen LogP contribution in [0.3, 0.4) is 0 Å². The van der Waals surface area contributed by atoms with Gasteiger partial charge in [-0.2, -0.15) is 5.10 Å². The van der Waals surface area contributed by atoms with Crippen molar-refractivity contribution in [1.82, 2.24) is 19.3 Å². The Bertz CT molecular complexity index is 2100. The molecule has 1 unspecified atom stereocenters. The highest BCUT2D eigenvalue weighted by atomic mass is 19.4. The monoisotopic (exact) mass is 672 g/mol. The van der Waals surface area contributed by atoms with Crippen LogP contribution in [-0.4, -0.2) is 37.5 Å². The van der Waals surface area contributed by atoms with Crippen molar-refractivity contribution < 1.29 is 22.6 Å². The zero-order chi connectivity index (χ0) is 35.5. The highest BCUT2D eigenvalue weighted by molar-refractivity contribution is 6.22. The number of halogens is 3. The van der Waals surface area contributed by atoms with Crippen LogP contribution < -0.4 is 26.3 Å². The van der Waals surface area contributed by atoms with Crippen LogP contribution in [0.4, 0.5) is 13.2 Å². The molecule has 0 aliphatic carbocycles. The maximum absolute atomic E-state index is 12.7. The van der Waals surface area contributed by atoms with Gasteiger partial charge in [-0.3, -0.25) is 23.8 Å². The Balaban J connectivity index is 1.25. The molecule has 0 amide bonds. The highest BCUT2D eigenvalue weighted by Crippen LogP contribution is 2.27. The summed E-state index contributed by atoms with van der Waals surface area (Å²) < 4.78 is 50.5. The van der Waals surface area contributed by atoms with Crippen molar-refractivity contribution in [3.05, 3.63) is 129 Å². The Morgan fingerprint density at radius 2 is 1.47 bits per heavy atom. The fourth-order valence-electron chi connectivity index (χ4n) is 5.55. The van der Waals surface area contributed by atoms with E-state index in [-0.39, 0.29) is 17.4 Å². The fraction of sp³-hybridized carbons (Fsp3) is 0.222. The Morgan fingerprint density at radius 1 is 0.898 bits per heavy atom. The van der Waals surface area contributed by atoms with Gasteiger partial charge in [0.05, 0.1) is 11.8 Å². The number of nitrogens with zero attached hydrogens (tertiary/aromatic N) is 3. The third-order valence-corrected chi connectivity index (χ3v) is 7.83. The second kappa shape index (κ2) is 14.1. The van der Waals surface area contributed by atoms with Crippen LogP contribution in [0.1, 0.15) is 43.6 Å². The molecule has 49 heavy (non-hydrogen) atoms. The molecule has 0 fully saturated rings. The summed E-state index contributed by atoms with van der Waals surface area (Å²) >= 11 is 0. The van der Waals surface area contributed by atoms with Crippen molar-refractivity contribution in [2.75, 3.05) is 0 Å². The van der Waals surface area contributed by atoms with Crippen LogP contribution in [-0.2, 0) is 0 Å². The molecule has 254 valence electrons. The van der Waals surface area contributed by atoms with Crippen LogP contribution in [0.15, 0.2) is 100 Å². The lowest BCUT2D eigenvalue weighted by Gasteiger charge is -2.18. The van der Waals surface area contributed by atoms with Gasteiger partial charge in [0.15, 0.2) is 0 Å². The standard InChI is InChI=1S/C36H35F3N6O4/c1-21(48-29-12-8-27(9-13-29)45-20-26(7-18-33(45)47)35-23(3)42-43-24(35)4)5-16-31(41)34(22(2)40)25-6-17-32(46)44(19-25)28-10-14-30(15-11-28)49-36(37,38)39/h6-15,17-21,41H,5,16,40H2,1-4H3,(H,42,43). The van der Waals surface area contributed by atoms with Crippen molar-refractivity contribution in [2.24, 2.45) is 5.73 Å². The lowest BCUT2D eigenvalue weighted by Crippen LogP contribution is -2.20. The first-order valence-electron chi connectivity index (χ1n) is 15.4. The third-order valence-electron chi connectivity index (χ3n) is 7.83. The maximum Gasteiger partial charge on any atom is 0.573 e. The van der Waals surface area contributed by atoms with Gasteiger partial charge >= 0.3 is 6.36 Å². The molecular formula is C36H35F3N6O4. The van der Waals surface area contributed by atoms with E-state index in [1.807, 2.05) is 20.8 Å². The molecule has 0 spiro atoms. The molecule has 0 radical (unpaired) electrons. The first-order chi connectivity index (χ1) is 23.2. The van der Waals surface area contributed by atoms with Crippen molar-refractivity contribution in [2.45, 2.75) is 53.0 Å². The molecule has 5 aromatic rings. The largest absolute Gasteiger partial charge is 0.573 e. The molecule has 13 heteroatoms. The number of nitrogens with two attached hydrogens (primary N) is 1. The molecule has 0 aliphatic rings. The van der Waals surface area contributed by atoms with Crippen LogP contribution in [0.25, 0.3) is 28.1 Å². The molecule has 1 atom stereocenters. The number of aryl methyl sites for hydroxylation is 2. The number of ether oxygens (including phenoxy) is 2. The van der Waals surface area contributed by atoms with Crippen LogP contribution in [0, 0.1) is 19.3 Å². The number of nitrogens with one attached hydrogen (secondary N) is 2. The van der Waals surface area contributed by atoms with Gasteiger partial charge in [0.25, 0.3) is 11.1 Å². The second-order valence-electron chi connectivity index (χ2n) is 11.6. The molecule has 3 aromatic heterocycles. The number of aromatic nitrogens is 4. The third kappa shape index (κ3) is 8.18. The Labute approximate surface area is 279 Å².